The van der Waals surface area contributed by atoms with Crippen LogP contribution in [0.15, 0.2) is 83.9 Å². The van der Waals surface area contributed by atoms with Gasteiger partial charge in [-0.15, -0.1) is 0 Å². The Hall–Kier alpha value is -3.18. The second-order valence-electron chi connectivity index (χ2n) is 17.1. The second kappa shape index (κ2) is 16.6. The van der Waals surface area contributed by atoms with Crippen molar-refractivity contribution in [1.82, 2.24) is 10.5 Å². The van der Waals surface area contributed by atoms with Crippen molar-refractivity contribution >= 4 is 45.7 Å². The van der Waals surface area contributed by atoms with Gasteiger partial charge in [-0.1, -0.05) is 0 Å². The summed E-state index contributed by atoms with van der Waals surface area (Å²) in [5.41, 5.74) is 16.4. The van der Waals surface area contributed by atoms with Gasteiger partial charge in [-0.2, -0.15) is 0 Å². The number of hydrogen-bond acceptors (Lipinski definition) is 2. The average Bonchev–Trinajstić information content (AvgIpc) is 3.72. The molecule has 0 aromatic heterocycles. The van der Waals surface area contributed by atoms with Gasteiger partial charge in [0, 0.05) is 0 Å². The van der Waals surface area contributed by atoms with Crippen LogP contribution in [0.4, 0.5) is 0 Å². The Morgan fingerprint density at radius 1 is 0.607 bits per heavy atom. The third kappa shape index (κ3) is 7.60. The summed E-state index contributed by atoms with van der Waals surface area (Å²) in [5, 5.41) is 6.62. The van der Waals surface area contributed by atoms with Crippen molar-refractivity contribution in [3.63, 3.8) is 0 Å². The predicted octanol–water partition coefficient (Wildman–Crippen LogP) is 13.0. The number of carbonyl (C=O) groups is 2. The molecule has 0 spiro atoms. The first kappa shape index (κ1) is 42.4. The van der Waals surface area contributed by atoms with Crippen LogP contribution >= 0.6 is 17.2 Å². The number of aryl methyl sites for hydroxylation is 2. The van der Waals surface area contributed by atoms with Crippen molar-refractivity contribution in [3.8, 4) is 22.3 Å². The standard InChI is InChI=1S/2C21H23.C6H11BN2O2.2ClH.Hf/c2*1-14(2)11-17-12-18-8-6-10-20(21(18)13-17)19-9-5-7-15(3)16(19)4;1-3-5(10)8-7-9-6(11)4-2;;;/h2*5-10,12-14H,11H2,1-4H3;3-4H2,1-2H3,(H-,8,9,10,11);2*1H;/q;;;;;+1/p-1. The third-order valence-electron chi connectivity index (χ3n) is 12.3. The number of rotatable bonds is 13. The molecule has 293 valence electrons. The molecule has 8 heteroatoms. The zero-order valence-corrected chi connectivity index (χ0v) is 40.0. The molecular formula is C48H58BCl2HfN2O2. The molecule has 56 heavy (non-hydrogen) atoms. The minimum atomic E-state index is -6.21. The van der Waals surface area contributed by atoms with E-state index in [0.29, 0.717) is 11.8 Å². The van der Waals surface area contributed by atoms with Crippen LogP contribution in [0, 0.1) is 39.5 Å². The summed E-state index contributed by atoms with van der Waals surface area (Å²) in [7, 11) is 17.9. The number of nitrogens with one attached hydrogen (secondary N) is 2. The van der Waals surface area contributed by atoms with Gasteiger partial charge in [-0.25, -0.2) is 0 Å². The molecule has 4 aromatic rings. The normalized spacial score (nSPS) is 16.9. The maximum absolute atomic E-state index is 13.8. The first-order valence-electron chi connectivity index (χ1n) is 20.5. The van der Waals surface area contributed by atoms with E-state index in [-0.39, 0.29) is 24.7 Å². The first-order chi connectivity index (χ1) is 26.5. The van der Waals surface area contributed by atoms with Gasteiger partial charge in [0.2, 0.25) is 0 Å². The molecule has 2 aliphatic rings. The van der Waals surface area contributed by atoms with Gasteiger partial charge >= 0.3 is 346 Å². The monoisotopic (exact) mass is 955 g/mol. The van der Waals surface area contributed by atoms with E-state index in [4.69, 9.17) is 17.2 Å². The Balaban J connectivity index is 1.74. The number of amides is 2. The van der Waals surface area contributed by atoms with Gasteiger partial charge in [0.1, 0.15) is 0 Å². The van der Waals surface area contributed by atoms with E-state index in [1.807, 2.05) is 13.8 Å². The van der Waals surface area contributed by atoms with E-state index in [0.717, 1.165) is 46.2 Å². The van der Waals surface area contributed by atoms with Gasteiger partial charge in [0.15, 0.2) is 0 Å². The van der Waals surface area contributed by atoms with Crippen LogP contribution in [0.1, 0.15) is 119 Å². The second-order valence-corrected chi connectivity index (χ2v) is 47.5. The van der Waals surface area contributed by atoms with E-state index >= 15 is 0 Å². The molecule has 0 heterocycles. The summed E-state index contributed by atoms with van der Waals surface area (Å²) in [6, 6.07) is 26.1. The summed E-state index contributed by atoms with van der Waals surface area (Å²) in [6.07, 6.45) is 6.73. The van der Waals surface area contributed by atoms with Crippen LogP contribution in [-0.2, 0) is 25.5 Å². The van der Waals surface area contributed by atoms with Crippen molar-refractivity contribution in [2.75, 3.05) is 0 Å². The molecule has 0 fully saturated rings. The van der Waals surface area contributed by atoms with Crippen LogP contribution in [0.3, 0.4) is 0 Å². The molecule has 6 rings (SSSR count). The summed E-state index contributed by atoms with van der Waals surface area (Å²) in [5.74, 6) is 0.235. The molecule has 4 nitrogen and oxygen atoms in total. The van der Waals surface area contributed by atoms with E-state index < -0.39 is 27.8 Å². The van der Waals surface area contributed by atoms with Crippen LogP contribution in [0.5, 0.6) is 0 Å². The Labute approximate surface area is 344 Å². The summed E-state index contributed by atoms with van der Waals surface area (Å²) in [6.45, 7) is 21.3. The van der Waals surface area contributed by atoms with Gasteiger partial charge in [-0.05, 0) is 0 Å². The fraction of sp³-hybridized carbons (Fsp3) is 0.375. The van der Waals surface area contributed by atoms with Crippen molar-refractivity contribution in [1.29, 1.82) is 0 Å². The molecule has 0 radical (unpaired) electrons. The van der Waals surface area contributed by atoms with Crippen LogP contribution in [0.25, 0.3) is 34.4 Å². The van der Waals surface area contributed by atoms with Crippen LogP contribution in [0.2, 0.25) is 0 Å². The zero-order valence-electron chi connectivity index (χ0n) is 34.9. The van der Waals surface area contributed by atoms with Crippen molar-refractivity contribution in [3.05, 3.63) is 128 Å². The molecule has 0 saturated carbocycles. The Kier molecular flexibility index (Phi) is 12.6. The molecule has 0 bridgehead atoms. The number of hydrogen-bond donors (Lipinski definition) is 2. The number of carbonyl (C=O) groups excluding carboxylic acids is 2. The van der Waals surface area contributed by atoms with E-state index in [1.54, 1.807) is 0 Å². The molecule has 0 saturated heterocycles. The fourth-order valence-corrected chi connectivity index (χ4v) is 39.0. The number of fused-ring (bicyclic) bond motifs is 2. The molecule has 2 atom stereocenters. The maximum atomic E-state index is 13.8. The Morgan fingerprint density at radius 2 is 0.964 bits per heavy atom. The number of benzene rings is 4. The molecule has 2 aliphatic carbocycles. The fourth-order valence-electron chi connectivity index (χ4n) is 9.42. The van der Waals surface area contributed by atoms with Crippen molar-refractivity contribution < 1.29 is 25.5 Å². The quantitative estimate of drug-likeness (QED) is 0.131. The Bertz CT molecular complexity index is 2100. The molecule has 4 aromatic carbocycles. The van der Waals surface area contributed by atoms with E-state index in [1.165, 1.54) is 44.5 Å². The van der Waals surface area contributed by atoms with Gasteiger partial charge in [-0.3, -0.25) is 0 Å². The van der Waals surface area contributed by atoms with Crippen molar-refractivity contribution in [2.45, 2.75) is 102 Å². The average molecular weight is 955 g/mol. The van der Waals surface area contributed by atoms with Gasteiger partial charge in [0.25, 0.3) is 0 Å². The Morgan fingerprint density at radius 3 is 1.32 bits per heavy atom. The third-order valence-corrected chi connectivity index (χ3v) is 40.8. The zero-order chi connectivity index (χ0) is 40.7. The topological polar surface area (TPSA) is 58.2 Å². The number of allylic oxidation sites excluding steroid dienone is 2. The van der Waals surface area contributed by atoms with Gasteiger partial charge in [0.05, 0.1) is 0 Å². The molecular weight excluding hydrogens is 897 g/mol. The molecule has 0 aliphatic heterocycles. The summed E-state index contributed by atoms with van der Waals surface area (Å²) < 4.78 is -1.73. The number of halogens is 2. The summed E-state index contributed by atoms with van der Waals surface area (Å²) >= 11 is -6.21. The van der Waals surface area contributed by atoms with Crippen LogP contribution < -0.4 is 10.5 Å². The summed E-state index contributed by atoms with van der Waals surface area (Å²) in [4.78, 5) is 27.5. The minimum absolute atomic E-state index is 0.191. The molecule has 2 N–H and O–H groups in total. The van der Waals surface area contributed by atoms with Crippen molar-refractivity contribution in [2.24, 2.45) is 11.8 Å². The predicted molar refractivity (Wildman–Crippen MR) is 237 cm³/mol. The van der Waals surface area contributed by atoms with E-state index in [9.17, 15) is 9.59 Å². The SMILES string of the molecule is CCC(=O)N[B](NC(=O)CC)[Hf]([Cl])([Cl])([CH]1C(CC(C)C)=Cc2c(-c3cccc(C)c3C)cccc21)[CH]1C(CC(C)C)=Cc2c(-c3cccc(C)c3C)cccc21. The molecule has 2 amide bonds. The molecule has 2 unspecified atom stereocenters. The van der Waals surface area contributed by atoms with Gasteiger partial charge < -0.3 is 0 Å². The van der Waals surface area contributed by atoms with E-state index in [2.05, 4.69) is 151 Å². The van der Waals surface area contributed by atoms with Crippen LogP contribution in [-0.4, -0.2) is 16.4 Å². The first-order valence-corrected chi connectivity index (χ1v) is 35.6.